The second-order valence-electron chi connectivity index (χ2n) is 20.4. The van der Waals surface area contributed by atoms with Crippen LogP contribution in [0.25, 0.3) is 90.9 Å². The zero-order valence-corrected chi connectivity index (χ0v) is 48.3. The van der Waals surface area contributed by atoms with Crippen LogP contribution in [0.3, 0.4) is 0 Å². The first-order valence-corrected chi connectivity index (χ1v) is 33.2. The Bertz CT molecular complexity index is 3830. The molecule has 3 aromatic heterocycles. The van der Waals surface area contributed by atoms with Crippen LogP contribution in [0.1, 0.15) is 81.6 Å². The quantitative estimate of drug-likeness (QED) is 0.0515. The third-order valence-corrected chi connectivity index (χ3v) is 16.5. The number of aromatic amines is 2. The van der Waals surface area contributed by atoms with Gasteiger partial charge in [0.2, 0.25) is 0 Å². The molecule has 1 atom stereocenters. The summed E-state index contributed by atoms with van der Waals surface area (Å²) in [5, 5.41) is 0. The fraction of sp³-hybridized carbons (Fsp3) is 0.302. The third kappa shape index (κ3) is 15.0. The number of rotatable bonds is 25. The normalized spacial score (nSPS) is 12.9. The molecule has 9 rings (SSSR count). The molecule has 8 bridgehead atoms. The third-order valence-electron chi connectivity index (χ3n) is 13.8. The molecule has 0 saturated carbocycles. The molecule has 5 heterocycles. The zero-order chi connectivity index (χ0) is 56.4. The number of aromatic nitrogens is 4. The van der Waals surface area contributed by atoms with E-state index in [2.05, 4.69) is 42.0 Å². The summed E-state index contributed by atoms with van der Waals surface area (Å²) >= 11 is 0. The van der Waals surface area contributed by atoms with Crippen LogP contribution >= 0.6 is 0 Å². The minimum absolute atomic E-state index is 0.0124. The highest BCUT2D eigenvalue weighted by molar-refractivity contribution is 7.91. The highest BCUT2D eigenvalue weighted by atomic mass is 32.2. The monoisotopic (exact) mass is 1140 g/mol. The van der Waals surface area contributed by atoms with Crippen LogP contribution in [0, 0.1) is 0 Å². The largest absolute Gasteiger partial charge is 0.493 e. The molecule has 2 aliphatic rings. The number of nitrogens with one attached hydrogen (secondary N) is 2. The maximum atomic E-state index is 11.9. The van der Waals surface area contributed by atoms with Crippen molar-refractivity contribution in [1.82, 2.24) is 19.9 Å². The Morgan fingerprint density at radius 2 is 0.700 bits per heavy atom. The van der Waals surface area contributed by atoms with E-state index >= 15 is 0 Å². The lowest BCUT2D eigenvalue weighted by atomic mass is 10.0. The van der Waals surface area contributed by atoms with E-state index in [0.29, 0.717) is 34.3 Å². The van der Waals surface area contributed by atoms with Gasteiger partial charge in [0, 0.05) is 63.1 Å². The summed E-state index contributed by atoms with van der Waals surface area (Å²) in [6.07, 6.45) is 19.5. The van der Waals surface area contributed by atoms with Gasteiger partial charge < -0.3 is 28.9 Å². The molecule has 0 saturated heterocycles. The van der Waals surface area contributed by atoms with Crippen molar-refractivity contribution in [3.8, 4) is 67.5 Å². The number of hydrogen-bond acceptors (Lipinski definition) is 12. The maximum absolute atomic E-state index is 11.9. The number of unbranched alkanes of at least 4 members (excludes halogenated alkanes) is 3. The standard InChI is InChI=1S/C63H68N4O10S3/c1-6-8-9-10-12-50(11-7-2)77-51-27-19-46(20-28-51)63-58-35-33-56(66-58)61(44-15-23-48(24-16-44)75-38-41-79(4,70)71)54-31-29-52(64-54)60(43-13-21-47(22-14-43)74-37-40-78(3,68)69)53-30-32-55(65-53)62(57-34-36-59(63)67-57)45-17-25-49(26-18-45)76-39-42-80(5,72)73/h13-36,50,64,67H,6-12,37-42H2,1-5H3. The fourth-order valence-electron chi connectivity index (χ4n) is 9.78. The molecular formula is C63H68N4O10S3. The lowest BCUT2D eigenvalue weighted by Crippen LogP contribution is -2.16. The van der Waals surface area contributed by atoms with Crippen molar-refractivity contribution in [3.05, 3.63) is 144 Å². The Morgan fingerprint density at radius 1 is 0.388 bits per heavy atom. The molecule has 418 valence electrons. The highest BCUT2D eigenvalue weighted by Gasteiger charge is 2.21. The summed E-state index contributed by atoms with van der Waals surface area (Å²) < 4.78 is 95.7. The zero-order valence-electron chi connectivity index (χ0n) is 45.8. The summed E-state index contributed by atoms with van der Waals surface area (Å²) in [7, 11) is -9.67. The topological polar surface area (TPSA) is 197 Å². The molecule has 0 amide bonds. The van der Waals surface area contributed by atoms with Crippen LogP contribution in [0.4, 0.5) is 0 Å². The molecule has 0 fully saturated rings. The maximum Gasteiger partial charge on any atom is 0.150 e. The molecule has 0 spiro atoms. The molecule has 4 aromatic carbocycles. The average molecular weight is 1140 g/mol. The Balaban J connectivity index is 1.26. The van der Waals surface area contributed by atoms with Gasteiger partial charge in [-0.25, -0.2) is 35.2 Å². The van der Waals surface area contributed by atoms with Gasteiger partial charge in [0.25, 0.3) is 0 Å². The van der Waals surface area contributed by atoms with Crippen molar-refractivity contribution in [3.63, 3.8) is 0 Å². The molecular weight excluding hydrogens is 1070 g/mol. The van der Waals surface area contributed by atoms with Gasteiger partial charge in [0.15, 0.2) is 29.5 Å². The Labute approximate surface area is 469 Å². The predicted octanol–water partition coefficient (Wildman–Crippen LogP) is 13.1. The molecule has 0 aliphatic carbocycles. The van der Waals surface area contributed by atoms with Gasteiger partial charge in [-0.2, -0.15) is 0 Å². The lowest BCUT2D eigenvalue weighted by molar-refractivity contribution is 0.176. The van der Waals surface area contributed by atoms with Crippen LogP contribution in [-0.2, 0) is 29.5 Å². The summed E-state index contributed by atoms with van der Waals surface area (Å²) in [6, 6.07) is 39.0. The minimum Gasteiger partial charge on any atom is -0.493 e. The molecule has 7 aromatic rings. The van der Waals surface area contributed by atoms with Crippen molar-refractivity contribution < 1.29 is 44.2 Å². The van der Waals surface area contributed by atoms with E-state index in [0.717, 1.165) is 104 Å². The minimum atomic E-state index is -3.23. The van der Waals surface area contributed by atoms with E-state index < -0.39 is 29.5 Å². The average Bonchev–Trinajstić information content (AvgIpc) is 4.40. The number of nitrogens with zero attached hydrogens (tertiary/aromatic N) is 2. The summed E-state index contributed by atoms with van der Waals surface area (Å²) in [4.78, 5) is 18.4. The van der Waals surface area contributed by atoms with Crippen LogP contribution in [-0.4, -0.2) is 107 Å². The van der Waals surface area contributed by atoms with E-state index in [1.54, 1.807) is 0 Å². The van der Waals surface area contributed by atoms with Crippen LogP contribution in [0.2, 0.25) is 0 Å². The summed E-state index contributed by atoms with van der Waals surface area (Å²) in [5.41, 5.74) is 12.5. The van der Waals surface area contributed by atoms with Gasteiger partial charge in [0.05, 0.1) is 46.1 Å². The molecule has 17 heteroatoms. The lowest BCUT2D eigenvalue weighted by Gasteiger charge is -2.19. The molecule has 2 aliphatic heterocycles. The van der Waals surface area contributed by atoms with Crippen LogP contribution in [0.15, 0.2) is 121 Å². The number of H-pyrrole nitrogens is 2. The Hall–Kier alpha value is -7.47. The second kappa shape index (κ2) is 25.3. The fourth-order valence-corrected chi connectivity index (χ4v) is 10.9. The SMILES string of the molecule is CCCCCCC(CCC)Oc1ccc(-c2c3nc(c(-c4ccc(OCCS(C)(=O)=O)cc4)c4ccc([nH]4)c(-c4ccc(OCCS(C)(=O)=O)cc4)c4nc(c(-c5ccc(OCCS(C)(=O)=O)cc5)c5ccc2[nH]5)C=C4)C=C3)cc1. The molecule has 2 N–H and O–H groups in total. The van der Waals surface area contributed by atoms with E-state index in [1.807, 2.05) is 127 Å². The molecule has 1 unspecified atom stereocenters. The van der Waals surface area contributed by atoms with Gasteiger partial charge in [-0.05, 0) is 139 Å². The first kappa shape index (κ1) is 57.2. The van der Waals surface area contributed by atoms with Crippen molar-refractivity contribution in [2.75, 3.05) is 55.8 Å². The summed E-state index contributed by atoms with van der Waals surface area (Å²) in [5.74, 6) is 2.05. The molecule has 0 radical (unpaired) electrons. The van der Waals surface area contributed by atoms with Crippen molar-refractivity contribution >= 4 is 75.9 Å². The van der Waals surface area contributed by atoms with Crippen LogP contribution in [0.5, 0.6) is 23.0 Å². The van der Waals surface area contributed by atoms with E-state index in [9.17, 15) is 25.3 Å². The first-order chi connectivity index (χ1) is 38.4. The first-order valence-electron chi connectivity index (χ1n) is 27.1. The van der Waals surface area contributed by atoms with Gasteiger partial charge in [0.1, 0.15) is 42.8 Å². The second-order valence-corrected chi connectivity index (χ2v) is 27.2. The number of sulfone groups is 3. The van der Waals surface area contributed by atoms with Crippen molar-refractivity contribution in [2.45, 2.75) is 64.9 Å². The molecule has 80 heavy (non-hydrogen) atoms. The molecule has 14 nitrogen and oxygen atoms in total. The van der Waals surface area contributed by atoms with Crippen molar-refractivity contribution in [2.24, 2.45) is 0 Å². The number of hydrogen-bond donors (Lipinski definition) is 2. The van der Waals surface area contributed by atoms with Gasteiger partial charge in [-0.1, -0.05) is 88.1 Å². The Morgan fingerprint density at radius 3 is 0.988 bits per heavy atom. The predicted molar refractivity (Wildman–Crippen MR) is 324 cm³/mol. The van der Waals surface area contributed by atoms with Gasteiger partial charge >= 0.3 is 0 Å². The van der Waals surface area contributed by atoms with Crippen molar-refractivity contribution in [1.29, 1.82) is 0 Å². The van der Waals surface area contributed by atoms with E-state index in [4.69, 9.17) is 28.9 Å². The number of ether oxygens (including phenoxy) is 4. The number of benzene rings is 4. The summed E-state index contributed by atoms with van der Waals surface area (Å²) in [6.45, 7) is 4.47. The van der Waals surface area contributed by atoms with Gasteiger partial charge in [-0.15, -0.1) is 0 Å². The van der Waals surface area contributed by atoms with Gasteiger partial charge in [-0.3, -0.25) is 0 Å². The van der Waals surface area contributed by atoms with E-state index in [1.165, 1.54) is 38.0 Å². The highest BCUT2D eigenvalue weighted by Crippen LogP contribution is 2.40. The number of fused-ring (bicyclic) bond motifs is 8. The smallest absolute Gasteiger partial charge is 0.150 e. The Kier molecular flexibility index (Phi) is 18.1. The van der Waals surface area contributed by atoms with Crippen LogP contribution < -0.4 is 18.9 Å². The van der Waals surface area contributed by atoms with E-state index in [-0.39, 0.29) is 43.2 Å².